The van der Waals surface area contributed by atoms with Crippen molar-refractivity contribution in [2.24, 2.45) is 11.5 Å². The molecule has 0 saturated carbocycles. The van der Waals surface area contributed by atoms with Gasteiger partial charge in [0.2, 0.25) is 0 Å². The molecule has 26 nitrogen and oxygen atoms in total. The molecule has 0 aromatic heterocycles. The van der Waals surface area contributed by atoms with E-state index in [-0.39, 0.29) is 64.3 Å². The molecule has 0 rings (SSSR count). The minimum Gasteiger partial charge on any atom is -0.759 e. The van der Waals surface area contributed by atoms with Crippen molar-refractivity contribution in [1.29, 1.82) is 0 Å². The van der Waals surface area contributed by atoms with Crippen molar-refractivity contribution in [3.05, 3.63) is 0 Å². The third-order valence-electron chi connectivity index (χ3n) is 0.333. The average molecular weight is 825 g/mol. The first-order chi connectivity index (χ1) is 14.5. The van der Waals surface area contributed by atoms with Gasteiger partial charge in [-0.3, -0.25) is 44.2 Å². The summed E-state index contributed by atoms with van der Waals surface area (Å²) < 4.78 is 163. The van der Waals surface area contributed by atoms with Crippen LogP contribution in [0.3, 0.4) is 0 Å². The minimum atomic E-state index is -5.17. The number of carbonyl (C=O) groups excluding carboxylic acids is 2. The number of nitrogens with two attached hydrogens (primary N) is 2. The normalized spacial score (nSPS) is 9.58. The van der Waals surface area contributed by atoms with Crippen LogP contribution >= 0.6 is 0 Å². The molecule has 247 valence electrons. The third kappa shape index (κ3) is 3040. The van der Waals surface area contributed by atoms with E-state index in [1.165, 1.54) is 0 Å². The second kappa shape index (κ2) is 33.0. The molecule has 0 amide bonds. The summed E-state index contributed by atoms with van der Waals surface area (Å²) in [7, 11) is -24.3. The van der Waals surface area contributed by atoms with Gasteiger partial charge in [-0.1, -0.05) is 0 Å². The van der Waals surface area contributed by atoms with Crippen LogP contribution in [0.2, 0.25) is 0 Å². The third-order valence-corrected chi connectivity index (χ3v) is 0.333. The van der Waals surface area contributed by atoms with Gasteiger partial charge in [0, 0.05) is 33.9 Å². The molecule has 0 aliphatic carbocycles. The maximum atomic E-state index is 9.13. The van der Waals surface area contributed by atoms with E-state index in [4.69, 9.17) is 107 Å². The molecule has 0 aliphatic rings. The Morgan fingerprint density at radius 1 is 0.474 bits per heavy atom. The zero-order valence-corrected chi connectivity index (χ0v) is 23.5. The molecule has 0 unspecified atom stereocenters. The first-order valence-electron chi connectivity index (χ1n) is 5.77. The summed E-state index contributed by atoms with van der Waals surface area (Å²) in [6, 6.07) is 0. The summed E-state index contributed by atoms with van der Waals surface area (Å²) in [4.78, 5) is 18.3. The fraction of sp³-hybridized carbons (Fsp3) is 0.500. The zero-order valence-electron chi connectivity index (χ0n) is 16.5. The number of rotatable bonds is 2. The Morgan fingerprint density at radius 2 is 0.500 bits per heavy atom. The van der Waals surface area contributed by atoms with E-state index < -0.39 is 63.9 Å². The van der Waals surface area contributed by atoms with Crippen LogP contribution in [0.4, 0.5) is 0 Å². The molecule has 0 aromatic carbocycles. The summed E-state index contributed by atoms with van der Waals surface area (Å²) in [6.07, 6.45) is 0. The minimum absolute atomic E-state index is 0. The Bertz CT molecular complexity index is 850. The molecule has 0 fully saturated rings. The van der Waals surface area contributed by atoms with E-state index in [2.05, 4.69) is 11.5 Å². The standard InChI is InChI=1S/2C2H5NO2.3Cu.5H2O4S/c2*3-1-2(4)5;;;;5*1-5(2,3)4/h2*1,3H2,(H,4,5);;;;5*(H2,1,2,3,4)/q;;3*+2;;;;;/p-6. The van der Waals surface area contributed by atoms with Crippen LogP contribution in [0, 0.1) is 0 Å². The number of carboxylic acids is 2. The van der Waals surface area contributed by atoms with E-state index in [1.54, 1.807) is 0 Å². The van der Waals surface area contributed by atoms with Gasteiger partial charge in [-0.25, -0.2) is 0 Å². The predicted octanol–water partition coefficient (Wildman–Crippen LogP) is -9.25. The van der Waals surface area contributed by atoms with Crippen LogP contribution < -0.4 is 21.7 Å². The Hall–Kier alpha value is -0.232. The number of hydrogen-bond acceptors (Lipinski definition) is 20. The van der Waals surface area contributed by atoms with Crippen LogP contribution in [0.1, 0.15) is 0 Å². The topological polar surface area (TPSA) is 517 Å². The van der Waals surface area contributed by atoms with Crippen molar-refractivity contribution in [3.8, 4) is 0 Å². The first kappa shape index (κ1) is 66.2. The maximum Gasteiger partial charge on any atom is 2.00 e. The Balaban J connectivity index is -0.0000000297. The Kier molecular flexibility index (Phi) is 57.5. The van der Waals surface area contributed by atoms with E-state index in [0.29, 0.717) is 0 Å². The summed E-state index contributed by atoms with van der Waals surface area (Å²) in [6.45, 7) is -0.778. The number of aliphatic carboxylic acids is 2. The molecule has 0 atom stereocenters. The molecule has 0 aromatic rings. The van der Waals surface area contributed by atoms with E-state index in [9.17, 15) is 0 Å². The van der Waals surface area contributed by atoms with Crippen LogP contribution in [-0.4, -0.2) is 113 Å². The quantitative estimate of drug-likeness (QED) is 0.0728. The van der Waals surface area contributed by atoms with Gasteiger partial charge in [0.15, 0.2) is 0 Å². The van der Waals surface area contributed by atoms with Crippen LogP contribution in [0.5, 0.6) is 0 Å². The van der Waals surface area contributed by atoms with Crippen molar-refractivity contribution in [2.75, 3.05) is 13.1 Å². The Morgan fingerprint density at radius 3 is 0.500 bits per heavy atom. The van der Waals surface area contributed by atoms with Crippen molar-refractivity contribution >= 4 is 63.9 Å². The molecule has 0 saturated heterocycles. The van der Waals surface area contributed by atoms with Crippen LogP contribution in [-0.2, 0) is 113 Å². The molecular formula is C4H14Cu3N2O24S5. The Labute approximate surface area is 245 Å². The summed E-state index contributed by atoms with van der Waals surface area (Å²) in [5.41, 5.74) is 9.02. The molecule has 38 heavy (non-hydrogen) atoms. The van der Waals surface area contributed by atoms with Gasteiger partial charge >= 0.3 is 82.4 Å². The molecule has 3 radical (unpaired) electrons. The second-order valence-electron chi connectivity index (χ2n) is 3.31. The van der Waals surface area contributed by atoms with E-state index in [0.717, 1.165) is 0 Å². The van der Waals surface area contributed by atoms with Crippen molar-refractivity contribution in [2.45, 2.75) is 0 Å². The molecule has 0 heterocycles. The van der Waals surface area contributed by atoms with E-state index >= 15 is 0 Å². The smallest absolute Gasteiger partial charge is 0.759 e. The molecule has 0 bridgehead atoms. The second-order valence-corrected chi connectivity index (χ2v) is 7.63. The fourth-order valence-corrected chi connectivity index (χ4v) is 0. The SMILES string of the molecule is NCC(=O)[O-].NCC(=O)[O-].O=S(=O)(O)O.O=S(=O)(O)O.O=S(=O)(O)O.O=S(=O)([O-])[O-].O=S(=O)([O-])[O-].[Cu+2].[Cu+2].[Cu+2]. The van der Waals surface area contributed by atoms with Gasteiger partial charge in [0.25, 0.3) is 0 Å². The van der Waals surface area contributed by atoms with Gasteiger partial charge < -0.3 is 49.5 Å². The average Bonchev–Trinajstić information content (AvgIpc) is 2.38. The number of hydrogen-bond donors (Lipinski definition) is 8. The number of carboxylic acid groups (broad SMARTS) is 2. The van der Waals surface area contributed by atoms with Gasteiger partial charge in [-0.2, -0.15) is 25.3 Å². The maximum absolute atomic E-state index is 9.13. The molecule has 0 aliphatic heterocycles. The van der Waals surface area contributed by atoms with Gasteiger partial charge in [-0.15, -0.1) is 0 Å². The van der Waals surface area contributed by atoms with Crippen molar-refractivity contribution < 1.29 is 159 Å². The van der Waals surface area contributed by atoms with Crippen molar-refractivity contribution in [1.82, 2.24) is 0 Å². The van der Waals surface area contributed by atoms with Crippen LogP contribution in [0.25, 0.3) is 0 Å². The summed E-state index contributed by atoms with van der Waals surface area (Å²) >= 11 is 0. The van der Waals surface area contributed by atoms with E-state index in [1.807, 2.05) is 0 Å². The number of carbonyl (C=O) groups is 2. The summed E-state index contributed by atoms with van der Waals surface area (Å²) in [5.74, 6) is -2.44. The van der Waals surface area contributed by atoms with Gasteiger partial charge in [0.05, 0.1) is 11.9 Å². The molecule has 10 N–H and O–H groups in total. The monoisotopic (exact) mass is 823 g/mol. The molecular weight excluding hydrogens is 811 g/mol. The predicted molar refractivity (Wildman–Crippen MR) is 91.6 cm³/mol. The van der Waals surface area contributed by atoms with Crippen LogP contribution in [0.15, 0.2) is 0 Å². The molecule has 34 heteroatoms. The van der Waals surface area contributed by atoms with Crippen molar-refractivity contribution in [3.63, 3.8) is 0 Å². The summed E-state index contributed by atoms with van der Waals surface area (Å²) in [5, 5.41) is 18.3. The van der Waals surface area contributed by atoms with Gasteiger partial charge in [-0.05, 0) is 0 Å². The zero-order chi connectivity index (χ0) is 31.1. The first-order valence-corrected chi connectivity index (χ1v) is 12.6. The fourth-order valence-electron chi connectivity index (χ4n) is 0. The molecule has 0 spiro atoms. The largest absolute Gasteiger partial charge is 2.00 e. The van der Waals surface area contributed by atoms with Gasteiger partial charge in [0.1, 0.15) is 0 Å².